The third-order valence-corrected chi connectivity index (χ3v) is 2.71. The van der Waals surface area contributed by atoms with Gasteiger partial charge < -0.3 is 15.2 Å². The highest BCUT2D eigenvalue weighted by atomic mass is 16.4. The molecule has 3 amide bonds. The molecule has 112 valence electrons. The number of amides is 3. The maximum atomic E-state index is 11.9. The first-order chi connectivity index (χ1) is 10.6. The lowest BCUT2D eigenvalue weighted by molar-refractivity contribution is -0.255. The minimum atomic E-state index is -1.47. The van der Waals surface area contributed by atoms with E-state index in [0.717, 1.165) is 0 Å². The molecule has 0 aliphatic rings. The predicted octanol–water partition coefficient (Wildman–Crippen LogP) is 0.517. The Morgan fingerprint density at radius 2 is 1.36 bits per heavy atom. The van der Waals surface area contributed by atoms with Crippen LogP contribution in [-0.2, 0) is 0 Å². The van der Waals surface area contributed by atoms with E-state index in [0.29, 0.717) is 5.69 Å². The molecule has 7 heteroatoms. The van der Waals surface area contributed by atoms with Gasteiger partial charge in [0, 0.05) is 11.3 Å². The summed E-state index contributed by atoms with van der Waals surface area (Å²) in [6.07, 6.45) is 0. The molecule has 2 aromatic rings. The molecule has 0 heterocycles. The second-order valence-corrected chi connectivity index (χ2v) is 4.23. The van der Waals surface area contributed by atoms with Crippen LogP contribution in [0.4, 0.5) is 10.5 Å². The summed E-state index contributed by atoms with van der Waals surface area (Å²) in [5.41, 5.74) is 4.43. The molecule has 0 aromatic heterocycles. The van der Waals surface area contributed by atoms with Crippen LogP contribution in [0.15, 0.2) is 54.6 Å². The Bertz CT molecular complexity index is 701. The fraction of sp³-hybridized carbons (Fsp3) is 0. The number of benzene rings is 2. The number of hydrogen-bond acceptors (Lipinski definition) is 4. The van der Waals surface area contributed by atoms with E-state index in [1.807, 2.05) is 0 Å². The maximum Gasteiger partial charge on any atom is 0.337 e. The Balaban J connectivity index is 1.96. The zero-order valence-corrected chi connectivity index (χ0v) is 11.3. The lowest BCUT2D eigenvalue weighted by Gasteiger charge is -2.12. The lowest BCUT2D eigenvalue weighted by Crippen LogP contribution is -2.44. The Kier molecular flexibility index (Phi) is 4.71. The van der Waals surface area contributed by atoms with Crippen LogP contribution in [0.2, 0.25) is 0 Å². The number of para-hydroxylation sites is 1. The van der Waals surface area contributed by atoms with E-state index >= 15 is 0 Å². The summed E-state index contributed by atoms with van der Waals surface area (Å²) in [6, 6.07) is 13.5. The van der Waals surface area contributed by atoms with Gasteiger partial charge in [-0.05, 0) is 18.2 Å². The predicted molar refractivity (Wildman–Crippen MR) is 76.8 cm³/mol. The van der Waals surface area contributed by atoms with Crippen LogP contribution in [0.25, 0.3) is 0 Å². The van der Waals surface area contributed by atoms with Gasteiger partial charge in [-0.3, -0.25) is 10.2 Å². The summed E-state index contributed by atoms with van der Waals surface area (Å²) >= 11 is 0. The average Bonchev–Trinajstić information content (AvgIpc) is 2.53. The number of nitrogens with one attached hydrogen (secondary N) is 3. The standard InChI is InChI=1S/C15H13N3O4/c19-13(11-8-4-5-9-12(11)14(20)21)17-18-15(22)16-10-6-2-1-3-7-10/h1-9H,(H,17,19)(H,20,21)(H2,16,18,22)/p-1. The van der Waals surface area contributed by atoms with Crippen molar-refractivity contribution in [1.82, 2.24) is 10.9 Å². The Labute approximate surface area is 125 Å². The van der Waals surface area contributed by atoms with Gasteiger partial charge in [-0.15, -0.1) is 0 Å². The van der Waals surface area contributed by atoms with Gasteiger partial charge in [-0.1, -0.05) is 36.4 Å². The van der Waals surface area contributed by atoms with E-state index in [4.69, 9.17) is 0 Å². The number of rotatable bonds is 3. The fourth-order valence-corrected chi connectivity index (χ4v) is 1.72. The number of hydrazine groups is 1. The second-order valence-electron chi connectivity index (χ2n) is 4.23. The molecule has 7 nitrogen and oxygen atoms in total. The van der Waals surface area contributed by atoms with Crippen LogP contribution < -0.4 is 21.3 Å². The zero-order chi connectivity index (χ0) is 15.9. The van der Waals surface area contributed by atoms with Crippen molar-refractivity contribution in [2.75, 3.05) is 5.32 Å². The summed E-state index contributed by atoms with van der Waals surface area (Å²) in [5.74, 6) is -2.23. The second kappa shape index (κ2) is 6.89. The number of anilines is 1. The number of carbonyl (C=O) groups excluding carboxylic acids is 3. The number of urea groups is 1. The molecule has 0 aliphatic heterocycles. The number of carbonyl (C=O) groups is 3. The van der Waals surface area contributed by atoms with E-state index in [-0.39, 0.29) is 11.1 Å². The first-order valence-corrected chi connectivity index (χ1v) is 6.30. The minimum absolute atomic E-state index is 0.109. The zero-order valence-electron chi connectivity index (χ0n) is 11.3. The topological polar surface area (TPSA) is 110 Å². The monoisotopic (exact) mass is 298 g/mol. The van der Waals surface area contributed by atoms with Gasteiger partial charge in [0.25, 0.3) is 5.91 Å². The van der Waals surface area contributed by atoms with Crippen LogP contribution in [0.3, 0.4) is 0 Å². The molecule has 2 aromatic carbocycles. The number of aromatic carboxylic acids is 1. The van der Waals surface area contributed by atoms with Crippen molar-refractivity contribution < 1.29 is 19.5 Å². The van der Waals surface area contributed by atoms with E-state index < -0.39 is 17.9 Å². The number of carboxylic acids is 1. The van der Waals surface area contributed by atoms with E-state index in [2.05, 4.69) is 16.2 Å². The number of hydrogen-bond donors (Lipinski definition) is 3. The van der Waals surface area contributed by atoms with Gasteiger partial charge in [0.2, 0.25) is 0 Å². The maximum absolute atomic E-state index is 11.9. The van der Waals surface area contributed by atoms with Crippen molar-refractivity contribution in [2.45, 2.75) is 0 Å². The fourth-order valence-electron chi connectivity index (χ4n) is 1.72. The molecule has 0 fully saturated rings. The normalized spacial score (nSPS) is 9.64. The van der Waals surface area contributed by atoms with E-state index in [9.17, 15) is 19.5 Å². The first kappa shape index (κ1) is 15.0. The molecular formula is C15H12N3O4-. The highest BCUT2D eigenvalue weighted by Gasteiger charge is 2.12. The van der Waals surface area contributed by atoms with Crippen molar-refractivity contribution in [1.29, 1.82) is 0 Å². The van der Waals surface area contributed by atoms with Gasteiger partial charge in [0.1, 0.15) is 0 Å². The molecule has 0 bridgehead atoms. The van der Waals surface area contributed by atoms with Gasteiger partial charge in [0.05, 0.1) is 11.5 Å². The van der Waals surface area contributed by atoms with Crippen LogP contribution in [0, 0.1) is 0 Å². The average molecular weight is 298 g/mol. The van der Waals surface area contributed by atoms with Gasteiger partial charge >= 0.3 is 6.03 Å². The SMILES string of the molecule is O=C(NNC(=O)c1ccccc1C(=O)[O-])Nc1ccccc1. The summed E-state index contributed by atoms with van der Waals surface area (Å²) in [5, 5.41) is 13.4. The van der Waals surface area contributed by atoms with Gasteiger partial charge in [-0.25, -0.2) is 10.2 Å². The van der Waals surface area contributed by atoms with Crippen LogP contribution >= 0.6 is 0 Å². The Morgan fingerprint density at radius 1 is 0.773 bits per heavy atom. The molecule has 0 radical (unpaired) electrons. The largest absolute Gasteiger partial charge is 0.545 e. The van der Waals surface area contributed by atoms with Gasteiger partial charge in [-0.2, -0.15) is 0 Å². The summed E-state index contributed by atoms with van der Waals surface area (Å²) in [7, 11) is 0. The van der Waals surface area contributed by atoms with Crippen molar-refractivity contribution >= 4 is 23.6 Å². The summed E-state index contributed by atoms with van der Waals surface area (Å²) < 4.78 is 0. The molecule has 0 spiro atoms. The van der Waals surface area contributed by atoms with Crippen molar-refractivity contribution in [3.8, 4) is 0 Å². The molecule has 0 saturated carbocycles. The van der Waals surface area contributed by atoms with Crippen LogP contribution in [0.5, 0.6) is 0 Å². The van der Waals surface area contributed by atoms with Crippen LogP contribution in [-0.4, -0.2) is 17.9 Å². The van der Waals surface area contributed by atoms with E-state index in [1.54, 1.807) is 30.3 Å². The molecular weight excluding hydrogens is 286 g/mol. The molecule has 0 unspecified atom stereocenters. The van der Waals surface area contributed by atoms with Crippen molar-refractivity contribution in [2.24, 2.45) is 0 Å². The Morgan fingerprint density at radius 3 is 2.00 bits per heavy atom. The van der Waals surface area contributed by atoms with Crippen molar-refractivity contribution in [3.63, 3.8) is 0 Å². The third-order valence-electron chi connectivity index (χ3n) is 2.71. The smallest absolute Gasteiger partial charge is 0.337 e. The van der Waals surface area contributed by atoms with Gasteiger partial charge in [0.15, 0.2) is 0 Å². The molecule has 0 aliphatic carbocycles. The van der Waals surface area contributed by atoms with Crippen LogP contribution in [0.1, 0.15) is 20.7 Å². The quantitative estimate of drug-likeness (QED) is 0.717. The lowest BCUT2D eigenvalue weighted by atomic mass is 10.1. The first-order valence-electron chi connectivity index (χ1n) is 6.30. The molecule has 22 heavy (non-hydrogen) atoms. The molecule has 3 N–H and O–H groups in total. The third kappa shape index (κ3) is 3.83. The number of carboxylic acid groups (broad SMARTS) is 1. The highest BCUT2D eigenvalue weighted by Crippen LogP contribution is 2.07. The Hall–Kier alpha value is -3.35. The summed E-state index contributed by atoms with van der Waals surface area (Å²) in [4.78, 5) is 34.4. The minimum Gasteiger partial charge on any atom is -0.545 e. The molecule has 0 saturated heterocycles. The van der Waals surface area contributed by atoms with E-state index in [1.165, 1.54) is 24.3 Å². The summed E-state index contributed by atoms with van der Waals surface area (Å²) in [6.45, 7) is 0. The highest BCUT2D eigenvalue weighted by molar-refractivity contribution is 6.04. The van der Waals surface area contributed by atoms with Crippen molar-refractivity contribution in [3.05, 3.63) is 65.7 Å². The molecule has 2 rings (SSSR count). The molecule has 0 atom stereocenters.